The van der Waals surface area contributed by atoms with Gasteiger partial charge >= 0.3 is 0 Å². The van der Waals surface area contributed by atoms with Crippen LogP contribution < -0.4 is 11.1 Å². The van der Waals surface area contributed by atoms with Crippen molar-refractivity contribution in [2.24, 2.45) is 23.5 Å². The fraction of sp³-hybridized carbons (Fsp3) is 0.889. The molecule has 5 nitrogen and oxygen atoms in total. The van der Waals surface area contributed by atoms with Gasteiger partial charge in [-0.15, -0.1) is 0 Å². The molecule has 0 aromatic rings. The van der Waals surface area contributed by atoms with Gasteiger partial charge in [-0.05, 0) is 63.2 Å². The van der Waals surface area contributed by atoms with Crippen molar-refractivity contribution in [2.45, 2.75) is 75.9 Å². The van der Waals surface area contributed by atoms with Crippen LogP contribution in [0.4, 0.5) is 0 Å². The Labute approximate surface area is 138 Å². The first-order chi connectivity index (χ1) is 11.1. The molecule has 2 bridgehead atoms. The second kappa shape index (κ2) is 6.08. The minimum absolute atomic E-state index is 0.0751. The first kappa shape index (κ1) is 15.4. The van der Waals surface area contributed by atoms with Crippen molar-refractivity contribution in [3.63, 3.8) is 0 Å². The minimum Gasteiger partial charge on any atom is -0.352 e. The number of amides is 2. The molecular formula is C18H29N3O2. The van der Waals surface area contributed by atoms with Crippen molar-refractivity contribution in [2.75, 3.05) is 6.54 Å². The molecule has 1 heterocycles. The lowest BCUT2D eigenvalue weighted by atomic mass is 9.65. The van der Waals surface area contributed by atoms with Crippen LogP contribution >= 0.6 is 0 Å². The summed E-state index contributed by atoms with van der Waals surface area (Å²) in [6.07, 6.45) is 9.44. The second-order valence-electron chi connectivity index (χ2n) is 8.17. The predicted molar refractivity (Wildman–Crippen MR) is 87.4 cm³/mol. The molecule has 128 valence electrons. The number of likely N-dealkylation sites (tertiary alicyclic amines) is 1. The summed E-state index contributed by atoms with van der Waals surface area (Å²) >= 11 is 0. The van der Waals surface area contributed by atoms with Crippen LogP contribution in [0.5, 0.6) is 0 Å². The average Bonchev–Trinajstić information content (AvgIpc) is 3.18. The van der Waals surface area contributed by atoms with Gasteiger partial charge in [0.05, 0.1) is 0 Å². The molecule has 3 atom stereocenters. The quantitative estimate of drug-likeness (QED) is 0.826. The predicted octanol–water partition coefficient (Wildman–Crippen LogP) is 1.41. The van der Waals surface area contributed by atoms with Gasteiger partial charge < -0.3 is 16.0 Å². The molecule has 1 aliphatic heterocycles. The Morgan fingerprint density at radius 2 is 1.65 bits per heavy atom. The molecule has 3 aliphatic carbocycles. The second-order valence-corrected chi connectivity index (χ2v) is 8.17. The molecule has 4 fully saturated rings. The van der Waals surface area contributed by atoms with E-state index in [9.17, 15) is 9.59 Å². The average molecular weight is 319 g/mol. The van der Waals surface area contributed by atoms with Gasteiger partial charge in [0, 0.05) is 24.5 Å². The van der Waals surface area contributed by atoms with E-state index in [1.807, 2.05) is 4.90 Å². The van der Waals surface area contributed by atoms with E-state index in [4.69, 9.17) is 5.73 Å². The van der Waals surface area contributed by atoms with Crippen molar-refractivity contribution < 1.29 is 9.59 Å². The Bertz CT molecular complexity index is 477. The monoisotopic (exact) mass is 319 g/mol. The summed E-state index contributed by atoms with van der Waals surface area (Å²) in [6, 6.07) is 0.436. The summed E-state index contributed by atoms with van der Waals surface area (Å²) < 4.78 is 0. The van der Waals surface area contributed by atoms with E-state index >= 15 is 0 Å². The first-order valence-electron chi connectivity index (χ1n) is 9.50. The maximum absolute atomic E-state index is 13.1. The molecule has 23 heavy (non-hydrogen) atoms. The maximum Gasteiger partial charge on any atom is 0.243 e. The number of hydrogen-bond donors (Lipinski definition) is 2. The Morgan fingerprint density at radius 1 is 0.957 bits per heavy atom. The standard InChI is InChI=1S/C18H29N3O2/c19-16-11-3-1-4-12(16)10-13(9-11)18(23)21-8-2-5-15(21)17(22)20-14-6-7-14/h11-16H,1-10,19H2,(H,20,22). The number of hydrogen-bond acceptors (Lipinski definition) is 3. The molecular weight excluding hydrogens is 290 g/mol. The van der Waals surface area contributed by atoms with Gasteiger partial charge in [-0.2, -0.15) is 0 Å². The molecule has 3 unspecified atom stereocenters. The van der Waals surface area contributed by atoms with Crippen LogP contribution in [0.15, 0.2) is 0 Å². The number of rotatable bonds is 3. The van der Waals surface area contributed by atoms with E-state index in [1.54, 1.807) is 0 Å². The molecule has 0 aromatic heterocycles. The van der Waals surface area contributed by atoms with Crippen LogP contribution in [-0.2, 0) is 9.59 Å². The zero-order chi connectivity index (χ0) is 16.0. The molecule has 0 radical (unpaired) electrons. The fourth-order valence-electron chi connectivity index (χ4n) is 5.05. The van der Waals surface area contributed by atoms with Gasteiger partial charge in [-0.3, -0.25) is 9.59 Å². The molecule has 0 spiro atoms. The van der Waals surface area contributed by atoms with Crippen LogP contribution in [0.3, 0.4) is 0 Å². The van der Waals surface area contributed by atoms with Crippen molar-refractivity contribution >= 4 is 11.8 Å². The van der Waals surface area contributed by atoms with Gasteiger partial charge in [-0.1, -0.05) is 6.42 Å². The van der Waals surface area contributed by atoms with E-state index in [2.05, 4.69) is 5.32 Å². The highest BCUT2D eigenvalue weighted by atomic mass is 16.2. The zero-order valence-electron chi connectivity index (χ0n) is 13.9. The molecule has 3 N–H and O–H groups in total. The van der Waals surface area contributed by atoms with Gasteiger partial charge in [0.15, 0.2) is 0 Å². The Hall–Kier alpha value is -1.10. The summed E-state index contributed by atoms with van der Waals surface area (Å²) in [5.74, 6) is 1.42. The maximum atomic E-state index is 13.1. The van der Waals surface area contributed by atoms with Crippen LogP contribution in [-0.4, -0.2) is 41.4 Å². The number of carbonyl (C=O) groups is 2. The van der Waals surface area contributed by atoms with E-state index in [0.717, 1.165) is 45.1 Å². The smallest absolute Gasteiger partial charge is 0.243 e. The zero-order valence-corrected chi connectivity index (χ0v) is 13.9. The van der Waals surface area contributed by atoms with Crippen LogP contribution in [0, 0.1) is 17.8 Å². The molecule has 5 heteroatoms. The molecule has 2 amide bonds. The van der Waals surface area contributed by atoms with Crippen molar-refractivity contribution in [3.05, 3.63) is 0 Å². The van der Waals surface area contributed by atoms with Gasteiger partial charge in [-0.25, -0.2) is 0 Å². The Morgan fingerprint density at radius 3 is 2.30 bits per heavy atom. The largest absolute Gasteiger partial charge is 0.352 e. The number of fused-ring (bicyclic) bond motifs is 2. The Kier molecular flexibility index (Phi) is 4.08. The van der Waals surface area contributed by atoms with Crippen molar-refractivity contribution in [3.8, 4) is 0 Å². The first-order valence-corrected chi connectivity index (χ1v) is 9.50. The highest BCUT2D eigenvalue weighted by Crippen LogP contribution is 2.43. The lowest BCUT2D eigenvalue weighted by Crippen LogP contribution is -2.52. The van der Waals surface area contributed by atoms with Crippen molar-refractivity contribution in [1.29, 1.82) is 0 Å². The summed E-state index contributed by atoms with van der Waals surface area (Å²) in [5, 5.41) is 3.08. The summed E-state index contributed by atoms with van der Waals surface area (Å²) in [4.78, 5) is 27.4. The topological polar surface area (TPSA) is 75.4 Å². The van der Waals surface area contributed by atoms with Crippen LogP contribution in [0.25, 0.3) is 0 Å². The van der Waals surface area contributed by atoms with Gasteiger partial charge in [0.25, 0.3) is 0 Å². The number of carbonyl (C=O) groups excluding carboxylic acids is 2. The Balaban J connectivity index is 1.42. The molecule has 4 aliphatic rings. The number of nitrogens with one attached hydrogen (secondary N) is 1. The third kappa shape index (κ3) is 3.00. The van der Waals surface area contributed by atoms with Gasteiger partial charge in [0.1, 0.15) is 6.04 Å². The molecule has 1 saturated heterocycles. The van der Waals surface area contributed by atoms with E-state index in [-0.39, 0.29) is 23.8 Å². The summed E-state index contributed by atoms with van der Waals surface area (Å²) in [5.41, 5.74) is 6.35. The molecule has 3 saturated carbocycles. The molecule has 0 aromatic carbocycles. The van der Waals surface area contributed by atoms with Gasteiger partial charge in [0.2, 0.25) is 11.8 Å². The highest BCUT2D eigenvalue weighted by molar-refractivity contribution is 5.89. The number of nitrogens with zero attached hydrogens (tertiary/aromatic N) is 1. The highest BCUT2D eigenvalue weighted by Gasteiger charge is 2.44. The van der Waals surface area contributed by atoms with E-state index < -0.39 is 0 Å². The minimum atomic E-state index is -0.224. The summed E-state index contributed by atoms with van der Waals surface area (Å²) in [6.45, 7) is 0.749. The third-order valence-corrected chi connectivity index (χ3v) is 6.52. The normalized spacial score (nSPS) is 40.0. The van der Waals surface area contributed by atoms with Crippen molar-refractivity contribution in [1.82, 2.24) is 10.2 Å². The lowest BCUT2D eigenvalue weighted by molar-refractivity contribution is -0.144. The van der Waals surface area contributed by atoms with Crippen LogP contribution in [0.1, 0.15) is 57.8 Å². The van der Waals surface area contributed by atoms with Crippen LogP contribution in [0.2, 0.25) is 0 Å². The van der Waals surface area contributed by atoms with E-state index in [1.165, 1.54) is 19.3 Å². The molecule has 4 rings (SSSR count). The third-order valence-electron chi connectivity index (χ3n) is 6.52. The fourth-order valence-corrected chi connectivity index (χ4v) is 5.05. The lowest BCUT2D eigenvalue weighted by Gasteiger charge is -2.44. The number of nitrogens with two attached hydrogens (primary N) is 1. The SMILES string of the molecule is NC1C2CCCC1CC(C(=O)N1CCCC1C(=O)NC1CC1)C2. The van der Waals surface area contributed by atoms with E-state index in [0.29, 0.717) is 23.9 Å². The summed E-state index contributed by atoms with van der Waals surface area (Å²) in [7, 11) is 0.